The van der Waals surface area contributed by atoms with E-state index >= 15 is 0 Å². The number of hydrogen-bond donors (Lipinski definition) is 6. The number of methoxy groups -OCH3 is 1. The SMILES string of the molecule is CCN(c1ccc(C(=O)N[C@@H](CCSC)C(=O)OC)c(-c2ccccc2)c1)c1cnc[nH]1.CSCC[C@H](NC(=O)c1ccc(NC(Cc2cnc[nH]2)S(=O)(=O)c2ccc(C)cc2)cc1-c1ccccc1)C(=O)O.Cl. The van der Waals surface area contributed by atoms with Crippen molar-refractivity contribution < 1.29 is 37.4 Å². The second-order valence-electron chi connectivity index (χ2n) is 16.7. The van der Waals surface area contributed by atoms with Crippen LogP contribution in [0.15, 0.2) is 151 Å². The van der Waals surface area contributed by atoms with Gasteiger partial charge >= 0.3 is 11.9 Å². The predicted octanol–water partition coefficient (Wildman–Crippen LogP) is 9.46. The standard InChI is InChI=1S/C30H32N4O5S2.C24H28N4O3S.ClH/c1-20-8-11-24(12-9-20)41(38,39)28(17-23-18-31-19-32-23)33-22-10-13-25(26(16-22)21-6-4-3-5-7-21)29(35)34-27(30(36)37)14-15-40-2;1-4-28(22-15-25-16-26-22)18-10-11-19(20(14-18)17-8-6-5-7-9-17)23(29)27-21(12-13-32-3)24(30)31-2;/h3-13,16,18-19,27-28,33H,14-15,17H2,1-2H3,(H,31,32)(H,34,35)(H,36,37);5-11,14-16,21H,4,12-13H2,1-3H3,(H,25,26)(H,27,29);1H/t27-,28?;21-;/m00./s1. The zero-order valence-electron chi connectivity index (χ0n) is 41.6. The van der Waals surface area contributed by atoms with Crippen LogP contribution in [0.4, 0.5) is 17.2 Å². The summed E-state index contributed by atoms with van der Waals surface area (Å²) in [5.41, 5.74) is 6.74. The normalized spacial score (nSPS) is 12.1. The first kappa shape index (κ1) is 57.8. The molecule has 7 rings (SSSR count). The molecule has 2 aromatic heterocycles. The summed E-state index contributed by atoms with van der Waals surface area (Å²) in [6.45, 7) is 4.67. The molecule has 3 atom stereocenters. The minimum absolute atomic E-state index is 0. The second kappa shape index (κ2) is 28.4. The van der Waals surface area contributed by atoms with Crippen LogP contribution in [0.5, 0.6) is 0 Å². The van der Waals surface area contributed by atoms with Crippen LogP contribution in [0.2, 0.25) is 0 Å². The number of esters is 1. The quantitative estimate of drug-likeness (QED) is 0.0328. The van der Waals surface area contributed by atoms with Gasteiger partial charge in [0.25, 0.3) is 11.8 Å². The number of benzene rings is 5. The zero-order chi connectivity index (χ0) is 52.3. The summed E-state index contributed by atoms with van der Waals surface area (Å²) in [5.74, 6) is -0.191. The lowest BCUT2D eigenvalue weighted by molar-refractivity contribution is -0.143. The Bertz CT molecular complexity index is 3010. The van der Waals surface area contributed by atoms with Gasteiger partial charge in [-0.05, 0) is 121 Å². The van der Waals surface area contributed by atoms with Crippen LogP contribution in [0.3, 0.4) is 0 Å². The second-order valence-corrected chi connectivity index (χ2v) is 20.8. The van der Waals surface area contributed by atoms with Gasteiger partial charge in [0.1, 0.15) is 23.3 Å². The minimum atomic E-state index is -3.84. The first-order valence-electron chi connectivity index (χ1n) is 23.4. The number of nitrogens with one attached hydrogen (secondary N) is 5. The van der Waals surface area contributed by atoms with Crippen LogP contribution in [0.1, 0.15) is 51.7 Å². The molecule has 0 fully saturated rings. The number of H-pyrrole nitrogens is 2. The lowest BCUT2D eigenvalue weighted by atomic mass is 9.97. The van der Waals surface area contributed by atoms with Gasteiger partial charge in [-0.2, -0.15) is 23.5 Å². The van der Waals surface area contributed by atoms with Crippen molar-refractivity contribution in [1.82, 2.24) is 30.6 Å². The van der Waals surface area contributed by atoms with Crippen molar-refractivity contribution in [2.24, 2.45) is 0 Å². The van der Waals surface area contributed by atoms with Gasteiger partial charge in [-0.3, -0.25) is 9.59 Å². The maximum atomic E-state index is 13.8. The van der Waals surface area contributed by atoms with E-state index in [0.29, 0.717) is 34.7 Å². The molecule has 74 heavy (non-hydrogen) atoms. The Labute approximate surface area is 446 Å². The number of aromatic nitrogens is 4. The molecule has 0 aliphatic carbocycles. The predicted molar refractivity (Wildman–Crippen MR) is 298 cm³/mol. The highest BCUT2D eigenvalue weighted by Gasteiger charge is 2.30. The number of ether oxygens (including phenoxy) is 1. The van der Waals surface area contributed by atoms with Gasteiger partial charge in [0.15, 0.2) is 9.84 Å². The average molecular weight is 1080 g/mol. The molecule has 0 spiro atoms. The largest absolute Gasteiger partial charge is 0.480 e. The number of aromatic amines is 2. The van der Waals surface area contributed by atoms with Gasteiger partial charge in [0.2, 0.25) is 0 Å². The zero-order valence-corrected chi connectivity index (χ0v) is 44.9. The number of carbonyl (C=O) groups is 4. The molecule has 16 nitrogen and oxygen atoms in total. The van der Waals surface area contributed by atoms with Gasteiger partial charge in [-0.1, -0.05) is 78.4 Å². The number of carbonyl (C=O) groups excluding carboxylic acids is 3. The molecule has 390 valence electrons. The monoisotopic (exact) mass is 1080 g/mol. The molecule has 0 aliphatic heterocycles. The molecule has 5 aromatic carbocycles. The summed E-state index contributed by atoms with van der Waals surface area (Å²) in [6.07, 6.45) is 11.2. The number of carboxylic acid groups (broad SMARTS) is 1. The molecule has 7 aromatic rings. The van der Waals surface area contributed by atoms with Gasteiger partial charge in [0, 0.05) is 47.4 Å². The molecule has 2 heterocycles. The Morgan fingerprint density at radius 1 is 0.730 bits per heavy atom. The number of carboxylic acids is 1. The Hall–Kier alpha value is -7.06. The summed E-state index contributed by atoms with van der Waals surface area (Å²) in [6, 6.07) is 34.5. The molecule has 0 radical (unpaired) electrons. The van der Waals surface area contributed by atoms with E-state index in [1.807, 2.05) is 92.2 Å². The fraction of sp³-hybridized carbons (Fsp3) is 0.259. The van der Waals surface area contributed by atoms with Crippen molar-refractivity contribution in [1.29, 1.82) is 0 Å². The van der Waals surface area contributed by atoms with Gasteiger partial charge < -0.3 is 40.7 Å². The number of halogens is 1. The van der Waals surface area contributed by atoms with E-state index in [2.05, 4.69) is 47.7 Å². The Kier molecular flexibility index (Phi) is 22.2. The van der Waals surface area contributed by atoms with Crippen LogP contribution in [0, 0.1) is 6.92 Å². The highest BCUT2D eigenvalue weighted by molar-refractivity contribution is 7.98. The summed E-state index contributed by atoms with van der Waals surface area (Å²) in [7, 11) is -2.50. The molecule has 0 saturated carbocycles. The third-order valence-corrected chi connectivity index (χ3v) is 15.0. The fourth-order valence-corrected chi connectivity index (χ4v) is 10.3. The Balaban J connectivity index is 0.000000279. The van der Waals surface area contributed by atoms with E-state index in [0.717, 1.165) is 46.1 Å². The lowest BCUT2D eigenvalue weighted by Gasteiger charge is -2.23. The molecule has 1 unspecified atom stereocenters. The van der Waals surface area contributed by atoms with Crippen LogP contribution < -0.4 is 20.9 Å². The third kappa shape index (κ3) is 15.5. The number of imidazole rings is 2. The van der Waals surface area contributed by atoms with Crippen molar-refractivity contribution >= 4 is 86.7 Å². The number of aryl methyl sites for hydroxylation is 1. The third-order valence-electron chi connectivity index (χ3n) is 11.7. The molecular formula is C54H61ClN8O8S3. The molecule has 6 N–H and O–H groups in total. The number of sulfone groups is 1. The summed E-state index contributed by atoms with van der Waals surface area (Å²) in [4.78, 5) is 67.0. The Morgan fingerprint density at radius 3 is 1.81 bits per heavy atom. The first-order valence-corrected chi connectivity index (χ1v) is 27.7. The number of nitrogens with zero attached hydrogens (tertiary/aromatic N) is 3. The highest BCUT2D eigenvalue weighted by Crippen LogP contribution is 2.33. The van der Waals surface area contributed by atoms with Crippen molar-refractivity contribution in [3.05, 3.63) is 169 Å². The highest BCUT2D eigenvalue weighted by atomic mass is 35.5. The fourth-order valence-electron chi connectivity index (χ4n) is 7.84. The maximum Gasteiger partial charge on any atom is 0.328 e. The summed E-state index contributed by atoms with van der Waals surface area (Å²) in [5, 5.41) is 17.2. The van der Waals surface area contributed by atoms with Crippen LogP contribution in [-0.2, 0) is 30.6 Å². The number of amides is 2. The van der Waals surface area contributed by atoms with Gasteiger partial charge in [-0.25, -0.2) is 28.0 Å². The lowest BCUT2D eigenvalue weighted by Crippen LogP contribution is -2.42. The van der Waals surface area contributed by atoms with E-state index in [1.165, 1.54) is 25.2 Å². The van der Waals surface area contributed by atoms with Gasteiger partial charge in [0.05, 0.1) is 30.9 Å². The van der Waals surface area contributed by atoms with Crippen molar-refractivity contribution in [3.63, 3.8) is 0 Å². The average Bonchev–Trinajstić information content (AvgIpc) is 4.15. The maximum absolute atomic E-state index is 13.8. The van der Waals surface area contributed by atoms with E-state index in [4.69, 9.17) is 4.74 Å². The van der Waals surface area contributed by atoms with Crippen molar-refractivity contribution in [2.75, 3.05) is 47.9 Å². The number of aliphatic carboxylic acids is 1. The van der Waals surface area contributed by atoms with E-state index < -0.39 is 45.1 Å². The number of hydrogen-bond acceptors (Lipinski definition) is 13. The molecule has 20 heteroatoms. The molecule has 0 aliphatic rings. The topological polar surface area (TPSA) is 229 Å². The van der Waals surface area contributed by atoms with Crippen molar-refractivity contribution in [3.8, 4) is 22.3 Å². The van der Waals surface area contributed by atoms with Crippen LogP contribution >= 0.6 is 35.9 Å². The molecular weight excluding hydrogens is 1020 g/mol. The van der Waals surface area contributed by atoms with E-state index in [9.17, 15) is 32.7 Å². The summed E-state index contributed by atoms with van der Waals surface area (Å²) < 4.78 is 32.4. The molecule has 0 bridgehead atoms. The van der Waals surface area contributed by atoms with Crippen molar-refractivity contribution in [2.45, 2.75) is 55.5 Å². The minimum Gasteiger partial charge on any atom is -0.480 e. The first-order chi connectivity index (χ1) is 35.3. The number of rotatable bonds is 23. The number of anilines is 3. The van der Waals surface area contributed by atoms with Gasteiger partial charge in [-0.15, -0.1) is 12.4 Å². The van der Waals surface area contributed by atoms with E-state index in [1.54, 1.807) is 79.0 Å². The number of thioether (sulfide) groups is 2. The van der Waals surface area contributed by atoms with Crippen LogP contribution in [-0.4, -0.2) is 112 Å². The Morgan fingerprint density at radius 2 is 1.28 bits per heavy atom. The smallest absolute Gasteiger partial charge is 0.328 e. The van der Waals surface area contributed by atoms with E-state index in [-0.39, 0.29) is 41.6 Å². The van der Waals surface area contributed by atoms with Crippen LogP contribution in [0.25, 0.3) is 22.3 Å². The summed E-state index contributed by atoms with van der Waals surface area (Å²) >= 11 is 3.12. The molecule has 2 amide bonds. The molecule has 0 saturated heterocycles.